The number of sulfonamides is 1. The van der Waals surface area contributed by atoms with Crippen LogP contribution in [0.4, 0.5) is 0 Å². The van der Waals surface area contributed by atoms with Crippen LogP contribution in [-0.2, 0) is 25.0 Å². The van der Waals surface area contributed by atoms with Crippen LogP contribution < -0.4 is 0 Å². The Morgan fingerprint density at radius 2 is 1.50 bits per heavy atom. The van der Waals surface area contributed by atoms with Gasteiger partial charge >= 0.3 is 0 Å². The van der Waals surface area contributed by atoms with Crippen molar-refractivity contribution in [2.24, 2.45) is 0 Å². The maximum atomic E-state index is 13.2. The van der Waals surface area contributed by atoms with Gasteiger partial charge in [-0.05, 0) is 92.4 Å². The number of carbonyl (C=O) groups excluding carboxylic acids is 1. The highest BCUT2D eigenvalue weighted by Gasteiger charge is 2.37. The second kappa shape index (κ2) is 15.3. The number of hydrogen-bond donors (Lipinski definition) is 0. The van der Waals surface area contributed by atoms with Crippen LogP contribution in [0.1, 0.15) is 61.3 Å². The lowest BCUT2D eigenvalue weighted by Gasteiger charge is -2.42. The normalized spacial score (nSPS) is 17.4. The molecule has 8 nitrogen and oxygen atoms in total. The smallest absolute Gasteiger partial charge is 0.248 e. The van der Waals surface area contributed by atoms with E-state index in [-0.39, 0.29) is 31.1 Å². The van der Waals surface area contributed by atoms with Gasteiger partial charge in [0, 0.05) is 32.0 Å². The number of pyridine rings is 1. The minimum atomic E-state index is -3.58. The predicted molar refractivity (Wildman–Crippen MR) is 174 cm³/mol. The van der Waals surface area contributed by atoms with Gasteiger partial charge in [0.25, 0.3) is 0 Å². The summed E-state index contributed by atoms with van der Waals surface area (Å²) < 4.78 is 33.3. The van der Waals surface area contributed by atoms with Gasteiger partial charge in [0.1, 0.15) is 6.61 Å². The number of rotatable bonds is 14. The van der Waals surface area contributed by atoms with Crippen molar-refractivity contribution in [3.63, 3.8) is 0 Å². The van der Waals surface area contributed by atoms with Gasteiger partial charge in [-0.2, -0.15) is 4.31 Å². The Bertz CT molecular complexity index is 1370. The van der Waals surface area contributed by atoms with Crippen molar-refractivity contribution in [3.8, 4) is 0 Å². The number of aromatic nitrogens is 1. The summed E-state index contributed by atoms with van der Waals surface area (Å²) in [6.45, 7) is 5.15. The fraction of sp³-hybridized carbons (Fsp3) is 0.486. The van der Waals surface area contributed by atoms with Gasteiger partial charge in [0.15, 0.2) is 0 Å². The zero-order chi connectivity index (χ0) is 30.8. The lowest BCUT2D eigenvalue weighted by molar-refractivity contribution is -0.137. The van der Waals surface area contributed by atoms with E-state index in [0.717, 1.165) is 43.4 Å². The third kappa shape index (κ3) is 8.33. The minimum Gasteiger partial charge on any atom is -0.370 e. The Balaban J connectivity index is 1.16. The van der Waals surface area contributed by atoms with E-state index in [0.29, 0.717) is 13.1 Å². The van der Waals surface area contributed by atoms with Crippen LogP contribution >= 0.6 is 0 Å². The Labute approximate surface area is 263 Å². The average Bonchev–Trinajstić information content (AvgIpc) is 3.57. The first-order chi connectivity index (χ1) is 21.4. The van der Waals surface area contributed by atoms with E-state index < -0.39 is 16.1 Å². The topological polar surface area (TPSA) is 83.0 Å². The van der Waals surface area contributed by atoms with E-state index in [9.17, 15) is 13.2 Å². The molecular formula is C35H46N4O4S. The third-order valence-corrected chi connectivity index (χ3v) is 10.6. The first kappa shape index (κ1) is 32.3. The van der Waals surface area contributed by atoms with Crippen molar-refractivity contribution in [2.75, 3.05) is 58.7 Å². The van der Waals surface area contributed by atoms with Gasteiger partial charge in [-0.25, -0.2) is 8.42 Å². The second-order valence-electron chi connectivity index (χ2n) is 12.2. The molecule has 9 heteroatoms. The van der Waals surface area contributed by atoms with Gasteiger partial charge in [0.05, 0.1) is 18.9 Å². The molecule has 0 aliphatic carbocycles. The molecule has 236 valence electrons. The van der Waals surface area contributed by atoms with Crippen LogP contribution in [0.15, 0.2) is 85.2 Å². The zero-order valence-electron chi connectivity index (χ0n) is 25.9. The van der Waals surface area contributed by atoms with Crippen LogP contribution in [0.5, 0.6) is 0 Å². The number of piperidine rings is 1. The molecule has 0 atom stereocenters. The summed E-state index contributed by atoms with van der Waals surface area (Å²) in [5.41, 5.74) is 3.14. The average molecular weight is 619 g/mol. The van der Waals surface area contributed by atoms with Crippen molar-refractivity contribution >= 4 is 15.9 Å². The molecule has 1 amide bonds. The van der Waals surface area contributed by atoms with Crippen LogP contribution in [0.3, 0.4) is 0 Å². The summed E-state index contributed by atoms with van der Waals surface area (Å²) in [5.74, 6) is -0.0426. The van der Waals surface area contributed by atoms with Crippen LogP contribution in [0, 0.1) is 0 Å². The van der Waals surface area contributed by atoms with E-state index >= 15 is 0 Å². The van der Waals surface area contributed by atoms with Crippen molar-refractivity contribution in [2.45, 2.75) is 50.0 Å². The molecule has 3 heterocycles. The predicted octanol–water partition coefficient (Wildman–Crippen LogP) is 4.89. The molecule has 2 saturated heterocycles. The van der Waals surface area contributed by atoms with E-state index in [1.165, 1.54) is 42.1 Å². The SMILES string of the molecule is CS(=O)(=O)N(CCOCC(=O)N1CCC(CCCN2CCCC2)(c2ccncc2)CC1)C(c1ccccc1)c1ccccc1. The largest absolute Gasteiger partial charge is 0.370 e. The Morgan fingerprint density at radius 3 is 2.07 bits per heavy atom. The van der Waals surface area contributed by atoms with E-state index in [4.69, 9.17) is 4.74 Å². The van der Waals surface area contributed by atoms with Crippen LogP contribution in [-0.4, -0.2) is 92.2 Å². The molecule has 0 radical (unpaired) electrons. The molecule has 0 spiro atoms. The highest BCUT2D eigenvalue weighted by atomic mass is 32.2. The van der Waals surface area contributed by atoms with Gasteiger partial charge in [-0.15, -0.1) is 0 Å². The first-order valence-electron chi connectivity index (χ1n) is 15.9. The number of benzene rings is 2. The highest BCUT2D eigenvalue weighted by Crippen LogP contribution is 2.40. The molecule has 2 aliphatic rings. The van der Waals surface area contributed by atoms with Crippen molar-refractivity contribution in [1.29, 1.82) is 0 Å². The quantitative estimate of drug-likeness (QED) is 0.240. The summed E-state index contributed by atoms with van der Waals surface area (Å²) in [4.78, 5) is 21.9. The molecule has 0 unspecified atom stereocenters. The molecule has 2 fully saturated rings. The van der Waals surface area contributed by atoms with Crippen LogP contribution in [0.25, 0.3) is 0 Å². The van der Waals surface area contributed by atoms with Gasteiger partial charge < -0.3 is 14.5 Å². The second-order valence-corrected chi connectivity index (χ2v) is 14.1. The number of carbonyl (C=O) groups is 1. The van der Waals surface area contributed by atoms with E-state index in [1.54, 1.807) is 0 Å². The molecule has 3 aromatic rings. The maximum absolute atomic E-state index is 13.2. The fourth-order valence-electron chi connectivity index (χ4n) is 6.91. The molecular weight excluding hydrogens is 572 g/mol. The van der Waals surface area contributed by atoms with Crippen molar-refractivity contribution in [1.82, 2.24) is 19.1 Å². The molecule has 2 aliphatic heterocycles. The lowest BCUT2D eigenvalue weighted by atomic mass is 9.70. The molecule has 0 bridgehead atoms. The molecule has 1 aromatic heterocycles. The summed E-state index contributed by atoms with van der Waals surface area (Å²) in [7, 11) is -3.58. The van der Waals surface area contributed by atoms with Crippen molar-refractivity contribution in [3.05, 3.63) is 102 Å². The lowest BCUT2D eigenvalue weighted by Crippen LogP contribution is -2.46. The minimum absolute atomic E-state index is 0.0426. The summed E-state index contributed by atoms with van der Waals surface area (Å²) in [6.07, 6.45) is 11.7. The number of nitrogens with zero attached hydrogens (tertiary/aromatic N) is 4. The number of likely N-dealkylation sites (tertiary alicyclic amines) is 2. The highest BCUT2D eigenvalue weighted by molar-refractivity contribution is 7.88. The number of hydrogen-bond acceptors (Lipinski definition) is 6. The van der Waals surface area contributed by atoms with Gasteiger partial charge in [-0.3, -0.25) is 9.78 Å². The van der Waals surface area contributed by atoms with Gasteiger partial charge in [0.2, 0.25) is 15.9 Å². The van der Waals surface area contributed by atoms with Crippen molar-refractivity contribution < 1.29 is 17.9 Å². The summed E-state index contributed by atoms with van der Waals surface area (Å²) >= 11 is 0. The van der Waals surface area contributed by atoms with E-state index in [1.807, 2.05) is 78.0 Å². The molecule has 0 N–H and O–H groups in total. The first-order valence-corrected chi connectivity index (χ1v) is 17.8. The fourth-order valence-corrected chi connectivity index (χ4v) is 7.94. The van der Waals surface area contributed by atoms with E-state index in [2.05, 4.69) is 22.0 Å². The molecule has 44 heavy (non-hydrogen) atoms. The molecule has 5 rings (SSSR count). The maximum Gasteiger partial charge on any atom is 0.248 e. The summed E-state index contributed by atoms with van der Waals surface area (Å²) in [5, 5.41) is 0. The van der Waals surface area contributed by atoms with Gasteiger partial charge in [-0.1, -0.05) is 60.7 Å². The van der Waals surface area contributed by atoms with Crippen LogP contribution in [0.2, 0.25) is 0 Å². The summed E-state index contributed by atoms with van der Waals surface area (Å²) in [6, 6.07) is 23.0. The standard InChI is InChI=1S/C35H46N4O4S/c1-44(41,42)39(34(30-11-4-2-5-12-30)31-13-6-3-7-14-31)27-28-43-29-33(40)38-25-18-35(19-26-38,32-15-20-36-21-16-32)17-10-24-37-22-8-9-23-37/h2-7,11-16,20-21,34H,8-10,17-19,22-29H2,1H3. The molecule has 2 aromatic carbocycles. The number of ether oxygens (including phenoxy) is 1. The Morgan fingerprint density at radius 1 is 0.909 bits per heavy atom. The number of amides is 1. The Kier molecular flexibility index (Phi) is 11.2. The third-order valence-electron chi connectivity index (χ3n) is 9.32. The molecule has 0 saturated carbocycles. The zero-order valence-corrected chi connectivity index (χ0v) is 26.7. The Hall–Kier alpha value is -3.11. The monoisotopic (exact) mass is 618 g/mol.